The highest BCUT2D eigenvalue weighted by atomic mass is 32.2. The van der Waals surface area contributed by atoms with Gasteiger partial charge in [-0.25, -0.2) is 18.4 Å². The number of nitrogens with zero attached hydrogens (tertiary/aromatic N) is 4. The monoisotopic (exact) mass is 370 g/mol. The molecule has 2 aromatic heterocycles. The zero-order valence-corrected chi connectivity index (χ0v) is 15.3. The van der Waals surface area contributed by atoms with Gasteiger partial charge in [-0.3, -0.25) is 4.79 Å². The Morgan fingerprint density at radius 3 is 2.50 bits per heavy atom. The van der Waals surface area contributed by atoms with Gasteiger partial charge < -0.3 is 0 Å². The van der Waals surface area contributed by atoms with Gasteiger partial charge in [-0.05, 0) is 44.0 Å². The fraction of sp³-hybridized carbons (Fsp3) is 0.333. The van der Waals surface area contributed by atoms with Crippen LogP contribution in [-0.2, 0) is 21.1 Å². The van der Waals surface area contributed by atoms with Gasteiger partial charge >= 0.3 is 0 Å². The summed E-state index contributed by atoms with van der Waals surface area (Å²) in [6.07, 6.45) is 3.38. The molecule has 2 heterocycles. The van der Waals surface area contributed by atoms with Crippen LogP contribution in [0, 0.1) is 12.8 Å². The molecular weight excluding hydrogens is 352 g/mol. The molecule has 0 unspecified atom stereocenters. The lowest BCUT2D eigenvalue weighted by Gasteiger charge is -2.08. The summed E-state index contributed by atoms with van der Waals surface area (Å²) in [7, 11) is -3.27. The fourth-order valence-electron chi connectivity index (χ4n) is 2.90. The first kappa shape index (κ1) is 16.8. The average molecular weight is 370 g/mol. The van der Waals surface area contributed by atoms with Crippen molar-refractivity contribution in [2.45, 2.75) is 31.1 Å². The summed E-state index contributed by atoms with van der Waals surface area (Å²) in [6.45, 7) is 1.79. The van der Waals surface area contributed by atoms with Crippen molar-refractivity contribution in [3.63, 3.8) is 0 Å². The third kappa shape index (κ3) is 3.24. The summed E-state index contributed by atoms with van der Waals surface area (Å²) < 4.78 is 24.9. The van der Waals surface area contributed by atoms with Crippen LogP contribution in [0.3, 0.4) is 0 Å². The van der Waals surface area contributed by atoms with Crippen LogP contribution in [0.1, 0.15) is 24.4 Å². The van der Waals surface area contributed by atoms with Gasteiger partial charge in [-0.1, -0.05) is 0 Å². The number of hydrogen-bond acceptors (Lipinski definition) is 6. The van der Waals surface area contributed by atoms with Crippen LogP contribution in [0.2, 0.25) is 0 Å². The second-order valence-electron chi connectivity index (χ2n) is 6.71. The summed E-state index contributed by atoms with van der Waals surface area (Å²) in [5, 5.41) is 4.37. The van der Waals surface area contributed by atoms with Crippen molar-refractivity contribution in [2.75, 3.05) is 6.26 Å². The SMILES string of the molecule is Cc1nc2cc(CC(=O)C3CC3)nc(-c3ccc(S(C)(=O)=O)cc3)n2n1. The van der Waals surface area contributed by atoms with Crippen molar-refractivity contribution in [3.8, 4) is 11.4 Å². The van der Waals surface area contributed by atoms with E-state index in [4.69, 9.17) is 0 Å². The van der Waals surface area contributed by atoms with E-state index in [1.807, 2.05) is 0 Å². The van der Waals surface area contributed by atoms with Crippen molar-refractivity contribution < 1.29 is 13.2 Å². The molecule has 0 amide bonds. The molecule has 26 heavy (non-hydrogen) atoms. The largest absolute Gasteiger partial charge is 0.299 e. The number of benzene rings is 1. The molecule has 134 valence electrons. The maximum absolute atomic E-state index is 12.2. The van der Waals surface area contributed by atoms with Gasteiger partial charge in [-0.2, -0.15) is 4.52 Å². The number of fused-ring (bicyclic) bond motifs is 1. The number of Topliss-reactive ketones (excluding diaryl/α,β-unsaturated/α-hetero) is 1. The fourth-order valence-corrected chi connectivity index (χ4v) is 3.53. The Labute approximate surface area is 151 Å². The average Bonchev–Trinajstić information content (AvgIpc) is 3.35. The molecule has 0 bridgehead atoms. The molecule has 0 radical (unpaired) electrons. The summed E-state index contributed by atoms with van der Waals surface area (Å²) in [4.78, 5) is 21.4. The number of carbonyl (C=O) groups is 1. The van der Waals surface area contributed by atoms with E-state index >= 15 is 0 Å². The van der Waals surface area contributed by atoms with Crippen molar-refractivity contribution >= 4 is 21.3 Å². The lowest BCUT2D eigenvalue weighted by atomic mass is 10.1. The van der Waals surface area contributed by atoms with E-state index in [1.165, 1.54) is 6.26 Å². The standard InChI is InChI=1S/C18H18N4O3S/c1-11-19-17-10-14(9-16(23)12-3-4-12)20-18(22(17)21-11)13-5-7-15(8-6-13)26(2,24)25/h5-8,10,12H,3-4,9H2,1-2H3. The van der Waals surface area contributed by atoms with Crippen LogP contribution in [0.25, 0.3) is 17.0 Å². The first-order valence-electron chi connectivity index (χ1n) is 8.38. The second-order valence-corrected chi connectivity index (χ2v) is 8.73. The van der Waals surface area contributed by atoms with Crippen molar-refractivity contribution in [1.82, 2.24) is 19.6 Å². The minimum atomic E-state index is -3.27. The van der Waals surface area contributed by atoms with E-state index in [-0.39, 0.29) is 23.0 Å². The van der Waals surface area contributed by atoms with Crippen LogP contribution < -0.4 is 0 Å². The molecular formula is C18H18N4O3S. The minimum absolute atomic E-state index is 0.171. The Bertz CT molecular complexity index is 1110. The first-order valence-corrected chi connectivity index (χ1v) is 10.3. The highest BCUT2D eigenvalue weighted by Gasteiger charge is 2.29. The number of hydrogen-bond donors (Lipinski definition) is 0. The lowest BCUT2D eigenvalue weighted by Crippen LogP contribution is -2.09. The lowest BCUT2D eigenvalue weighted by molar-refractivity contribution is -0.119. The molecule has 0 saturated heterocycles. The summed E-state index contributed by atoms with van der Waals surface area (Å²) >= 11 is 0. The second kappa shape index (κ2) is 5.98. The third-order valence-corrected chi connectivity index (χ3v) is 5.54. The van der Waals surface area contributed by atoms with E-state index in [9.17, 15) is 13.2 Å². The van der Waals surface area contributed by atoms with Crippen molar-refractivity contribution in [1.29, 1.82) is 0 Å². The Morgan fingerprint density at radius 2 is 1.88 bits per heavy atom. The first-order chi connectivity index (χ1) is 12.3. The van der Waals surface area contributed by atoms with E-state index in [2.05, 4.69) is 15.1 Å². The number of carbonyl (C=O) groups excluding carboxylic acids is 1. The van der Waals surface area contributed by atoms with Crippen molar-refractivity contribution in [3.05, 3.63) is 41.9 Å². The topological polar surface area (TPSA) is 94.3 Å². The molecule has 1 saturated carbocycles. The Balaban J connectivity index is 1.80. The van der Waals surface area contributed by atoms with Crippen molar-refractivity contribution in [2.24, 2.45) is 5.92 Å². The number of ketones is 1. The van der Waals surface area contributed by atoms with Gasteiger partial charge in [-0.15, -0.1) is 5.10 Å². The molecule has 0 N–H and O–H groups in total. The Morgan fingerprint density at radius 1 is 1.19 bits per heavy atom. The molecule has 1 fully saturated rings. The van der Waals surface area contributed by atoms with Gasteiger partial charge in [0, 0.05) is 30.2 Å². The molecule has 3 aromatic rings. The van der Waals surface area contributed by atoms with Crippen LogP contribution in [-0.4, -0.2) is 40.0 Å². The summed E-state index contributed by atoms with van der Waals surface area (Å²) in [5.74, 6) is 1.52. The molecule has 7 nitrogen and oxygen atoms in total. The third-order valence-electron chi connectivity index (χ3n) is 4.41. The minimum Gasteiger partial charge on any atom is -0.299 e. The number of sulfone groups is 1. The van der Waals surface area contributed by atoms with E-state index in [0.29, 0.717) is 28.6 Å². The van der Waals surface area contributed by atoms with Crippen LogP contribution in [0.5, 0.6) is 0 Å². The maximum Gasteiger partial charge on any atom is 0.175 e. The molecule has 0 aliphatic heterocycles. The predicted molar refractivity (Wildman–Crippen MR) is 95.5 cm³/mol. The molecule has 1 aliphatic carbocycles. The smallest absolute Gasteiger partial charge is 0.175 e. The molecule has 1 aliphatic rings. The summed E-state index contributed by atoms with van der Waals surface area (Å²) in [5.41, 5.74) is 2.00. The zero-order chi connectivity index (χ0) is 18.5. The molecule has 4 rings (SSSR count). The van der Waals surface area contributed by atoms with E-state index in [1.54, 1.807) is 41.8 Å². The number of rotatable bonds is 5. The Kier molecular flexibility index (Phi) is 3.87. The quantitative estimate of drug-likeness (QED) is 0.682. The van der Waals surface area contributed by atoms with Gasteiger partial charge in [0.15, 0.2) is 21.3 Å². The highest BCUT2D eigenvalue weighted by Crippen LogP contribution is 2.31. The number of aromatic nitrogens is 4. The van der Waals surface area contributed by atoms with Gasteiger partial charge in [0.2, 0.25) is 0 Å². The van der Waals surface area contributed by atoms with Gasteiger partial charge in [0.25, 0.3) is 0 Å². The zero-order valence-electron chi connectivity index (χ0n) is 14.5. The molecule has 8 heteroatoms. The van der Waals surface area contributed by atoms with E-state index < -0.39 is 9.84 Å². The normalized spacial score (nSPS) is 14.7. The molecule has 1 aromatic carbocycles. The van der Waals surface area contributed by atoms with Gasteiger partial charge in [0.1, 0.15) is 11.6 Å². The highest BCUT2D eigenvalue weighted by molar-refractivity contribution is 7.90. The van der Waals surface area contributed by atoms with Crippen LogP contribution in [0.4, 0.5) is 0 Å². The van der Waals surface area contributed by atoms with Crippen LogP contribution >= 0.6 is 0 Å². The van der Waals surface area contributed by atoms with Crippen LogP contribution in [0.15, 0.2) is 35.2 Å². The molecule has 0 atom stereocenters. The predicted octanol–water partition coefficient (Wildman–Crippen LogP) is 2.02. The molecule has 0 spiro atoms. The van der Waals surface area contributed by atoms with Gasteiger partial charge in [0.05, 0.1) is 10.6 Å². The summed E-state index contributed by atoms with van der Waals surface area (Å²) in [6, 6.07) is 8.27. The maximum atomic E-state index is 12.2. The Hall–Kier alpha value is -2.61. The number of aryl methyl sites for hydroxylation is 1. The van der Waals surface area contributed by atoms with E-state index in [0.717, 1.165) is 12.8 Å².